The molecule has 0 spiro atoms. The molecule has 1 heteroatoms. The Morgan fingerprint density at radius 3 is 2.12 bits per heavy atom. The summed E-state index contributed by atoms with van der Waals surface area (Å²) in [7, 11) is 0. The number of unbranched alkanes of at least 4 members (excludes halogenated alkanes) is 2. The zero-order valence-electron chi connectivity index (χ0n) is 5.48. The summed E-state index contributed by atoms with van der Waals surface area (Å²) in [5.74, 6) is 2.53. The van der Waals surface area contributed by atoms with Crippen molar-refractivity contribution in [1.82, 2.24) is 0 Å². The van der Waals surface area contributed by atoms with E-state index in [4.69, 9.17) is 6.42 Å². The molecule has 0 heterocycles. The van der Waals surface area contributed by atoms with Crippen LogP contribution in [0, 0.1) is 26.7 Å². The fourth-order valence-electron chi connectivity index (χ4n) is 0.227. The Morgan fingerprint density at radius 2 is 2.00 bits per heavy atom. The Balaban J connectivity index is -0.000000125. The second kappa shape index (κ2) is 15.6. The molecule has 0 aliphatic carbocycles. The molecule has 0 nitrogen and oxygen atoms in total. The van der Waals surface area contributed by atoms with Crippen molar-refractivity contribution in [2.45, 2.75) is 19.3 Å². The van der Waals surface area contributed by atoms with Gasteiger partial charge >= 0.3 is 0 Å². The van der Waals surface area contributed by atoms with Gasteiger partial charge in [-0.3, -0.25) is 0 Å². The van der Waals surface area contributed by atoms with Crippen molar-refractivity contribution in [2.75, 3.05) is 0 Å². The molecule has 0 atom stereocenters. The van der Waals surface area contributed by atoms with E-state index < -0.39 is 0 Å². The third-order valence-electron chi connectivity index (χ3n) is 0.571. The van der Waals surface area contributed by atoms with Crippen molar-refractivity contribution in [3.8, 4) is 12.3 Å². The van der Waals surface area contributed by atoms with Gasteiger partial charge in [-0.05, 0) is 0 Å². The summed E-state index contributed by atoms with van der Waals surface area (Å²) in [6.07, 6.45) is 7.84. The summed E-state index contributed by atoms with van der Waals surface area (Å²) in [4.78, 5) is 0. The van der Waals surface area contributed by atoms with Crippen LogP contribution in [0.4, 0.5) is 0 Å². The van der Waals surface area contributed by atoms with Crippen LogP contribution in [0.3, 0.4) is 0 Å². The van der Waals surface area contributed by atoms with Crippen molar-refractivity contribution in [2.24, 2.45) is 0 Å². The molecule has 0 unspecified atom stereocenters. The van der Waals surface area contributed by atoms with Gasteiger partial charge in [0.2, 0.25) is 0 Å². The summed E-state index contributed by atoms with van der Waals surface area (Å²) in [6.45, 7) is 3.63. The zero-order valence-corrected chi connectivity index (χ0v) is 8.32. The summed E-state index contributed by atoms with van der Waals surface area (Å²) in [6, 6.07) is 0. The summed E-state index contributed by atoms with van der Waals surface area (Å²) in [5.41, 5.74) is 0. The molecule has 0 aliphatic rings. The Hall–Kier alpha value is 0.664. The van der Waals surface area contributed by atoms with E-state index in [1.807, 2.05) is 0 Å². The van der Waals surface area contributed by atoms with E-state index in [0.717, 1.165) is 19.3 Å². The van der Waals surface area contributed by atoms with Crippen LogP contribution in [0.5, 0.6) is 0 Å². The number of terminal acetylenes is 1. The van der Waals surface area contributed by atoms with E-state index in [1.54, 1.807) is 0 Å². The van der Waals surface area contributed by atoms with Gasteiger partial charge < -0.3 is 14.4 Å². The normalized spacial score (nSPS) is 5.50. The minimum absolute atomic E-state index is 0. The molecule has 45 valence electrons. The molecule has 0 rings (SSSR count). The van der Waals surface area contributed by atoms with E-state index in [-0.39, 0.29) is 40.1 Å². The van der Waals surface area contributed by atoms with Crippen LogP contribution in [-0.4, -0.2) is 0 Å². The van der Waals surface area contributed by atoms with E-state index in [9.17, 15) is 0 Å². The molecule has 1 radical (unpaired) electrons. The van der Waals surface area contributed by atoms with Gasteiger partial charge in [0.15, 0.2) is 0 Å². The van der Waals surface area contributed by atoms with Crippen LogP contribution >= 0.6 is 0 Å². The van der Waals surface area contributed by atoms with E-state index in [2.05, 4.69) is 12.8 Å². The molecule has 0 aliphatic heterocycles. The van der Waals surface area contributed by atoms with Gasteiger partial charge in [-0.25, -0.2) is 0 Å². The molecular weight excluding hydrogens is 173 g/mol. The van der Waals surface area contributed by atoms with Crippen molar-refractivity contribution in [1.29, 1.82) is 0 Å². The monoisotopic (exact) mass is 185 g/mol. The second-order valence-electron chi connectivity index (χ2n) is 1.16. The zero-order chi connectivity index (χ0) is 4.83. The van der Waals surface area contributed by atoms with Crippen molar-refractivity contribution in [3.63, 3.8) is 0 Å². The molecule has 0 fully saturated rings. The first kappa shape index (κ1) is 15.9. The fraction of sp³-hybridized carbons (Fsp3) is 0.429. The maximum absolute atomic E-state index is 4.94. The number of hydrogen-bond acceptors (Lipinski definition) is 0. The molecular formula is C7H12Y-2. The average molecular weight is 185 g/mol. The topological polar surface area (TPSA) is 0 Å². The first-order chi connectivity index (χ1) is 2.91. The molecule has 0 aromatic rings. The van der Waals surface area contributed by atoms with Gasteiger partial charge in [-0.1, -0.05) is 6.42 Å². The standard InChI is InChI=1S/C6H9.CH3.Y/c1-3-5-6-4-2;;/h1H,2,4-6H2;1H3;/q2*-1;. The summed E-state index contributed by atoms with van der Waals surface area (Å²) in [5, 5.41) is 0. The molecule has 0 bridgehead atoms. The van der Waals surface area contributed by atoms with E-state index in [0.29, 0.717) is 0 Å². The first-order valence-electron chi connectivity index (χ1n) is 2.14. The average Bonchev–Trinajstić information content (AvgIpc) is 1.61. The quantitative estimate of drug-likeness (QED) is 0.351. The van der Waals surface area contributed by atoms with Gasteiger partial charge in [-0.2, -0.15) is 6.42 Å². The maximum Gasteiger partial charge on any atom is 0.00617 e. The largest absolute Gasteiger partial charge is 0.358 e. The minimum atomic E-state index is 0. The Labute approximate surface area is 78.3 Å². The number of hydrogen-bond donors (Lipinski definition) is 0. The van der Waals surface area contributed by atoms with Crippen LogP contribution in [0.2, 0.25) is 0 Å². The predicted molar refractivity (Wildman–Crippen MR) is 34.5 cm³/mol. The van der Waals surface area contributed by atoms with Crippen molar-refractivity contribution < 1.29 is 32.7 Å². The van der Waals surface area contributed by atoms with Crippen LogP contribution in [0.25, 0.3) is 0 Å². The number of rotatable bonds is 2. The third-order valence-corrected chi connectivity index (χ3v) is 0.571. The Bertz CT molecular complexity index is 51.9. The second-order valence-corrected chi connectivity index (χ2v) is 1.16. The van der Waals surface area contributed by atoms with Gasteiger partial charge in [-0.15, -0.1) is 12.3 Å². The van der Waals surface area contributed by atoms with Gasteiger partial charge in [0.05, 0.1) is 0 Å². The van der Waals surface area contributed by atoms with Crippen molar-refractivity contribution >= 4 is 0 Å². The van der Waals surface area contributed by atoms with E-state index in [1.165, 1.54) is 0 Å². The first-order valence-corrected chi connectivity index (χ1v) is 2.14. The van der Waals surface area contributed by atoms with Gasteiger partial charge in [0.1, 0.15) is 0 Å². The third kappa shape index (κ3) is 15.9. The van der Waals surface area contributed by atoms with Crippen LogP contribution in [0.15, 0.2) is 0 Å². The van der Waals surface area contributed by atoms with E-state index >= 15 is 0 Å². The fourth-order valence-corrected chi connectivity index (χ4v) is 0.227. The van der Waals surface area contributed by atoms with Crippen molar-refractivity contribution in [3.05, 3.63) is 14.4 Å². The molecule has 0 amide bonds. The Kier molecular flexibility index (Phi) is 31.0. The summed E-state index contributed by atoms with van der Waals surface area (Å²) < 4.78 is 0. The molecule has 8 heavy (non-hydrogen) atoms. The summed E-state index contributed by atoms with van der Waals surface area (Å²) >= 11 is 0. The maximum atomic E-state index is 4.94. The smallest absolute Gasteiger partial charge is 0.00617 e. The molecule has 0 aromatic heterocycles. The molecule has 0 saturated heterocycles. The Morgan fingerprint density at radius 1 is 1.50 bits per heavy atom. The van der Waals surface area contributed by atoms with Gasteiger partial charge in [0.25, 0.3) is 0 Å². The van der Waals surface area contributed by atoms with Gasteiger partial charge in [0, 0.05) is 39.1 Å². The van der Waals surface area contributed by atoms with Crippen LogP contribution < -0.4 is 0 Å². The molecule has 0 N–H and O–H groups in total. The SMILES string of the molecule is C#CCCC[CH2-].[CH3-].[Y]. The molecule has 0 aromatic carbocycles. The predicted octanol–water partition coefficient (Wildman–Crippen LogP) is 2.07. The minimum Gasteiger partial charge on any atom is -0.358 e. The van der Waals surface area contributed by atoms with Crippen LogP contribution in [-0.2, 0) is 32.7 Å². The van der Waals surface area contributed by atoms with Crippen LogP contribution in [0.1, 0.15) is 19.3 Å². The molecule has 0 saturated carbocycles.